The first-order valence-electron chi connectivity index (χ1n) is 9.79. The number of benzene rings is 1. The molecule has 2 aliphatic heterocycles. The van der Waals surface area contributed by atoms with E-state index < -0.39 is 12.1 Å². The monoisotopic (exact) mass is 381 g/mol. The first-order chi connectivity index (χ1) is 13.6. The van der Waals surface area contributed by atoms with Crippen LogP contribution in [0.25, 0.3) is 11.0 Å². The lowest BCUT2D eigenvalue weighted by Gasteiger charge is -2.30. The molecule has 1 N–H and O–H groups in total. The summed E-state index contributed by atoms with van der Waals surface area (Å²) in [4.78, 5) is 27.5. The number of nitriles is 1. The summed E-state index contributed by atoms with van der Waals surface area (Å²) < 4.78 is 5.87. The third-order valence-electron chi connectivity index (χ3n) is 5.87. The summed E-state index contributed by atoms with van der Waals surface area (Å²) in [5, 5.41) is 19.3. The Labute approximate surface area is 163 Å². The summed E-state index contributed by atoms with van der Waals surface area (Å²) in [6.07, 6.45) is 3.72. The van der Waals surface area contributed by atoms with Crippen molar-refractivity contribution in [1.82, 2.24) is 9.80 Å². The molecule has 0 radical (unpaired) electrons. The van der Waals surface area contributed by atoms with Crippen LogP contribution in [0.4, 0.5) is 4.79 Å². The second kappa shape index (κ2) is 7.55. The van der Waals surface area contributed by atoms with E-state index in [0.29, 0.717) is 37.1 Å². The molecule has 7 heteroatoms. The number of fused-ring (bicyclic) bond motifs is 1. The average molecular weight is 381 g/mol. The first-order valence-corrected chi connectivity index (χ1v) is 9.79. The molecule has 1 aromatic carbocycles. The molecule has 2 atom stereocenters. The number of hydrogen-bond acceptors (Lipinski definition) is 4. The highest BCUT2D eigenvalue weighted by molar-refractivity contribution is 5.86. The van der Waals surface area contributed by atoms with Gasteiger partial charge in [0, 0.05) is 30.9 Å². The fraction of sp³-hybridized carbons (Fsp3) is 0.476. The van der Waals surface area contributed by atoms with Gasteiger partial charge in [0.2, 0.25) is 5.91 Å². The lowest BCUT2D eigenvalue weighted by Crippen LogP contribution is -2.49. The van der Waals surface area contributed by atoms with Crippen molar-refractivity contribution in [1.29, 1.82) is 5.26 Å². The normalized spacial score (nSPS) is 22.0. The van der Waals surface area contributed by atoms with Crippen molar-refractivity contribution in [2.75, 3.05) is 13.1 Å². The van der Waals surface area contributed by atoms with E-state index in [4.69, 9.17) is 9.68 Å². The summed E-state index contributed by atoms with van der Waals surface area (Å²) in [5.41, 5.74) is 1.27. The van der Waals surface area contributed by atoms with Gasteiger partial charge in [-0.05, 0) is 56.4 Å². The molecular weight excluding hydrogens is 358 g/mol. The Morgan fingerprint density at radius 2 is 1.96 bits per heavy atom. The molecule has 2 aromatic rings. The van der Waals surface area contributed by atoms with Gasteiger partial charge < -0.3 is 14.4 Å². The van der Waals surface area contributed by atoms with E-state index in [1.165, 1.54) is 4.90 Å². The van der Waals surface area contributed by atoms with Crippen molar-refractivity contribution >= 4 is 23.0 Å². The van der Waals surface area contributed by atoms with Gasteiger partial charge >= 0.3 is 6.09 Å². The Hall–Kier alpha value is -3.01. The Balaban J connectivity index is 1.42. The molecule has 146 valence electrons. The van der Waals surface area contributed by atoms with Gasteiger partial charge in [-0.3, -0.25) is 9.69 Å². The zero-order valence-electron chi connectivity index (χ0n) is 15.6. The van der Waals surface area contributed by atoms with Crippen molar-refractivity contribution in [2.24, 2.45) is 0 Å². The van der Waals surface area contributed by atoms with Gasteiger partial charge in [0.05, 0.1) is 11.6 Å². The Bertz CT molecular complexity index is 945. The molecule has 0 bridgehead atoms. The number of carboxylic acid groups (broad SMARTS) is 1. The third kappa shape index (κ3) is 3.42. The predicted molar refractivity (Wildman–Crippen MR) is 102 cm³/mol. The van der Waals surface area contributed by atoms with Gasteiger partial charge in [-0.25, -0.2) is 4.79 Å². The zero-order chi connectivity index (χ0) is 19.7. The fourth-order valence-electron chi connectivity index (χ4n) is 4.46. The van der Waals surface area contributed by atoms with Crippen LogP contribution in [0.3, 0.4) is 0 Å². The topological polar surface area (TPSA) is 97.8 Å². The van der Waals surface area contributed by atoms with Crippen LogP contribution in [-0.4, -0.2) is 52.1 Å². The molecule has 2 fully saturated rings. The average Bonchev–Trinajstić information content (AvgIpc) is 3.43. The second-order valence-electron chi connectivity index (χ2n) is 7.58. The number of carbonyl (C=O) groups excluding carboxylic acids is 1. The summed E-state index contributed by atoms with van der Waals surface area (Å²) in [6.45, 7) is 1.13. The number of nitrogens with zero attached hydrogens (tertiary/aromatic N) is 3. The van der Waals surface area contributed by atoms with Crippen LogP contribution in [0, 0.1) is 11.3 Å². The van der Waals surface area contributed by atoms with Crippen LogP contribution in [-0.2, 0) is 11.2 Å². The van der Waals surface area contributed by atoms with Gasteiger partial charge in [0.25, 0.3) is 0 Å². The van der Waals surface area contributed by atoms with Crippen LogP contribution in [0.1, 0.15) is 43.4 Å². The number of amides is 2. The number of carbonyl (C=O) groups is 2. The van der Waals surface area contributed by atoms with E-state index >= 15 is 0 Å². The molecule has 7 nitrogen and oxygen atoms in total. The summed E-state index contributed by atoms with van der Waals surface area (Å²) >= 11 is 0. The Morgan fingerprint density at radius 3 is 2.75 bits per heavy atom. The van der Waals surface area contributed by atoms with Gasteiger partial charge in [0.15, 0.2) is 0 Å². The summed E-state index contributed by atoms with van der Waals surface area (Å²) in [6, 6.07) is 9.08. The highest BCUT2D eigenvalue weighted by atomic mass is 16.4. The van der Waals surface area contributed by atoms with Crippen molar-refractivity contribution < 1.29 is 19.1 Å². The van der Waals surface area contributed by atoms with E-state index in [1.54, 1.807) is 12.1 Å². The summed E-state index contributed by atoms with van der Waals surface area (Å²) in [7, 11) is 0. The van der Waals surface area contributed by atoms with E-state index in [2.05, 4.69) is 6.07 Å². The molecule has 4 rings (SSSR count). The number of furan rings is 1. The number of rotatable bonds is 4. The van der Waals surface area contributed by atoms with Crippen molar-refractivity contribution in [3.8, 4) is 6.07 Å². The van der Waals surface area contributed by atoms with Crippen LogP contribution in [0.5, 0.6) is 0 Å². The molecule has 0 spiro atoms. The molecule has 2 saturated heterocycles. The quantitative estimate of drug-likeness (QED) is 0.876. The molecule has 0 saturated carbocycles. The zero-order valence-corrected chi connectivity index (χ0v) is 15.6. The van der Waals surface area contributed by atoms with E-state index in [-0.39, 0.29) is 11.9 Å². The standard InChI is InChI=1S/C21H23N3O4/c22-13-14-5-6-15-12-17(28-19(15)11-14)8-7-16-3-1-9-23(16)20(25)18-4-2-10-24(18)21(26)27/h5-6,11-12,16,18H,1-4,7-10H2,(H,26,27)/t16-,18+/m0/s1. The SMILES string of the molecule is N#Cc1ccc2cc(CC[C@@H]3CCCN3C(=O)[C@H]3CCCN3C(=O)O)oc2c1. The lowest BCUT2D eigenvalue weighted by molar-refractivity contribution is -0.136. The fourth-order valence-corrected chi connectivity index (χ4v) is 4.46. The molecule has 0 unspecified atom stereocenters. The van der Waals surface area contributed by atoms with Crippen LogP contribution in [0.15, 0.2) is 28.7 Å². The lowest BCUT2D eigenvalue weighted by atomic mass is 10.1. The minimum Gasteiger partial charge on any atom is -0.465 e. The molecule has 3 heterocycles. The molecule has 0 aliphatic carbocycles. The molecule has 1 aromatic heterocycles. The second-order valence-corrected chi connectivity index (χ2v) is 7.58. The highest BCUT2D eigenvalue weighted by Gasteiger charge is 2.39. The van der Waals surface area contributed by atoms with Gasteiger partial charge in [-0.1, -0.05) is 0 Å². The van der Waals surface area contributed by atoms with Crippen molar-refractivity contribution in [3.63, 3.8) is 0 Å². The largest absolute Gasteiger partial charge is 0.465 e. The maximum Gasteiger partial charge on any atom is 0.407 e. The molecule has 2 aliphatic rings. The molecule has 2 amide bonds. The Morgan fingerprint density at radius 1 is 1.18 bits per heavy atom. The summed E-state index contributed by atoms with van der Waals surface area (Å²) in [5.74, 6) is 0.795. The van der Waals surface area contributed by atoms with Crippen molar-refractivity contribution in [3.05, 3.63) is 35.6 Å². The van der Waals surface area contributed by atoms with Crippen LogP contribution in [0.2, 0.25) is 0 Å². The van der Waals surface area contributed by atoms with Crippen LogP contribution >= 0.6 is 0 Å². The van der Waals surface area contributed by atoms with E-state index in [0.717, 1.165) is 36.8 Å². The highest BCUT2D eigenvalue weighted by Crippen LogP contribution is 2.28. The van der Waals surface area contributed by atoms with Crippen molar-refractivity contribution in [2.45, 2.75) is 50.6 Å². The van der Waals surface area contributed by atoms with Gasteiger partial charge in [0.1, 0.15) is 17.4 Å². The minimum absolute atomic E-state index is 0.0503. The van der Waals surface area contributed by atoms with Crippen LogP contribution < -0.4 is 0 Å². The third-order valence-corrected chi connectivity index (χ3v) is 5.87. The number of likely N-dealkylation sites (tertiary alicyclic amines) is 2. The first kappa shape index (κ1) is 18.4. The molecular formula is C21H23N3O4. The maximum atomic E-state index is 13.0. The minimum atomic E-state index is -1.01. The number of aryl methyl sites for hydroxylation is 1. The van der Waals surface area contributed by atoms with Gasteiger partial charge in [-0.2, -0.15) is 5.26 Å². The Kier molecular flexibility index (Phi) is 4.95. The van der Waals surface area contributed by atoms with Gasteiger partial charge in [-0.15, -0.1) is 0 Å². The van der Waals surface area contributed by atoms with E-state index in [9.17, 15) is 14.7 Å². The number of hydrogen-bond donors (Lipinski definition) is 1. The van der Waals surface area contributed by atoms with E-state index in [1.807, 2.05) is 17.0 Å². The maximum absolute atomic E-state index is 13.0. The smallest absolute Gasteiger partial charge is 0.407 e. The predicted octanol–water partition coefficient (Wildman–Crippen LogP) is 3.37. The molecule has 28 heavy (non-hydrogen) atoms.